The standard InChI is InChI=1S/C26H32N5O5P/c1-20(15-31-18-30-24-25(27)28-17-29-26(24)31)35-19-37(32,36-22-10-4-3-5-11-22)14-8-13-34-16-21-9-6-7-12-23(21)33-2/h3-7,9-12,17-18,20H,8,13-16,19H2,1-2H3,(H2,27,28,29)/t20-,37?/m1/s1. The molecule has 2 atom stereocenters. The van der Waals surface area contributed by atoms with Crippen LogP contribution in [0.25, 0.3) is 11.2 Å². The summed E-state index contributed by atoms with van der Waals surface area (Å²) in [5.74, 6) is 1.65. The summed E-state index contributed by atoms with van der Waals surface area (Å²) >= 11 is 0. The lowest BCUT2D eigenvalue weighted by atomic mass is 10.2. The molecule has 0 aliphatic rings. The zero-order valence-corrected chi connectivity index (χ0v) is 21.9. The summed E-state index contributed by atoms with van der Waals surface area (Å²) in [4.78, 5) is 12.5. The van der Waals surface area contributed by atoms with Gasteiger partial charge in [0.05, 0.1) is 32.7 Å². The number of nitrogens with two attached hydrogens (primary N) is 1. The molecule has 0 spiro atoms. The lowest BCUT2D eigenvalue weighted by Crippen LogP contribution is -2.19. The van der Waals surface area contributed by atoms with E-state index >= 15 is 0 Å². The Bertz CT molecular complexity index is 1330. The van der Waals surface area contributed by atoms with E-state index in [-0.39, 0.29) is 12.5 Å². The number of nitrogens with zero attached hydrogens (tertiary/aromatic N) is 4. The fourth-order valence-electron chi connectivity index (χ4n) is 3.82. The van der Waals surface area contributed by atoms with E-state index in [2.05, 4.69) is 15.0 Å². The maximum atomic E-state index is 13.8. The van der Waals surface area contributed by atoms with E-state index in [9.17, 15) is 4.57 Å². The molecule has 0 amide bonds. The summed E-state index contributed by atoms with van der Waals surface area (Å²) in [6.07, 6.45) is 3.62. The average Bonchev–Trinajstić information content (AvgIpc) is 3.32. The van der Waals surface area contributed by atoms with Gasteiger partial charge in [0.25, 0.3) is 7.37 Å². The van der Waals surface area contributed by atoms with Crippen molar-refractivity contribution in [3.63, 3.8) is 0 Å². The third-order valence-electron chi connectivity index (χ3n) is 5.69. The van der Waals surface area contributed by atoms with Crippen LogP contribution >= 0.6 is 7.37 Å². The Balaban J connectivity index is 1.33. The van der Waals surface area contributed by atoms with E-state index in [1.54, 1.807) is 25.6 Å². The second-order valence-electron chi connectivity index (χ2n) is 8.59. The second-order valence-corrected chi connectivity index (χ2v) is 11.1. The largest absolute Gasteiger partial charge is 0.496 e. The van der Waals surface area contributed by atoms with Crippen LogP contribution in [0.5, 0.6) is 11.5 Å². The zero-order valence-electron chi connectivity index (χ0n) is 21.0. The van der Waals surface area contributed by atoms with Crippen molar-refractivity contribution < 1.29 is 23.3 Å². The molecule has 0 radical (unpaired) electrons. The Hall–Kier alpha value is -3.46. The van der Waals surface area contributed by atoms with Gasteiger partial charge in [-0.15, -0.1) is 0 Å². The van der Waals surface area contributed by atoms with E-state index in [4.69, 9.17) is 24.5 Å². The molecule has 2 aromatic heterocycles. The number of nitrogen functional groups attached to an aromatic ring is 1. The topological polar surface area (TPSA) is 124 Å². The minimum Gasteiger partial charge on any atom is -0.496 e. The first-order valence-electron chi connectivity index (χ1n) is 12.0. The van der Waals surface area contributed by atoms with Crippen LogP contribution in [0.1, 0.15) is 18.9 Å². The number of para-hydroxylation sites is 2. The van der Waals surface area contributed by atoms with Crippen molar-refractivity contribution in [3.05, 3.63) is 72.8 Å². The third kappa shape index (κ3) is 7.29. The predicted octanol–water partition coefficient (Wildman–Crippen LogP) is 4.74. The molecule has 0 saturated carbocycles. The first-order chi connectivity index (χ1) is 18.0. The summed E-state index contributed by atoms with van der Waals surface area (Å²) in [6, 6.07) is 16.9. The van der Waals surface area contributed by atoms with Crippen LogP contribution in [0.3, 0.4) is 0 Å². The van der Waals surface area contributed by atoms with Crippen molar-refractivity contribution in [2.24, 2.45) is 0 Å². The molecule has 11 heteroatoms. The van der Waals surface area contributed by atoms with Crippen LogP contribution < -0.4 is 15.0 Å². The summed E-state index contributed by atoms with van der Waals surface area (Å²) < 4.78 is 38.8. The number of imidazole rings is 1. The SMILES string of the molecule is COc1ccccc1COCCCP(=O)(CO[C@H](C)Cn1cnc2c(N)ncnc21)Oc1ccccc1. The number of methoxy groups -OCH3 is 1. The van der Waals surface area contributed by atoms with Crippen molar-refractivity contribution in [3.8, 4) is 11.5 Å². The highest BCUT2D eigenvalue weighted by Gasteiger charge is 2.26. The van der Waals surface area contributed by atoms with Crippen LogP contribution in [0, 0.1) is 0 Å². The van der Waals surface area contributed by atoms with E-state index in [0.29, 0.717) is 55.1 Å². The molecule has 4 rings (SSSR count). The van der Waals surface area contributed by atoms with Gasteiger partial charge in [-0.3, -0.25) is 4.57 Å². The van der Waals surface area contributed by atoms with Crippen LogP contribution in [0.15, 0.2) is 67.3 Å². The van der Waals surface area contributed by atoms with Crippen LogP contribution in [-0.2, 0) is 27.2 Å². The van der Waals surface area contributed by atoms with Crippen molar-refractivity contribution in [1.29, 1.82) is 0 Å². The number of ether oxygens (including phenoxy) is 3. The summed E-state index contributed by atoms with van der Waals surface area (Å²) in [6.45, 7) is 3.20. The smallest absolute Gasteiger partial charge is 0.272 e. The van der Waals surface area contributed by atoms with Gasteiger partial charge in [-0.05, 0) is 31.5 Å². The molecule has 1 unspecified atom stereocenters. The van der Waals surface area contributed by atoms with Gasteiger partial charge in [-0.25, -0.2) is 15.0 Å². The number of fused-ring (bicyclic) bond motifs is 1. The molecule has 37 heavy (non-hydrogen) atoms. The first kappa shape index (κ1) is 26.6. The molecule has 0 bridgehead atoms. The van der Waals surface area contributed by atoms with E-state index in [1.807, 2.05) is 54.0 Å². The molecular weight excluding hydrogens is 493 g/mol. The minimum absolute atomic E-state index is 0.0285. The fourth-order valence-corrected chi connectivity index (χ4v) is 5.70. The zero-order chi connectivity index (χ0) is 26.1. The molecule has 4 aromatic rings. The highest BCUT2D eigenvalue weighted by atomic mass is 31.2. The molecule has 0 saturated heterocycles. The van der Waals surface area contributed by atoms with Crippen LogP contribution in [-0.4, -0.2) is 51.8 Å². The minimum atomic E-state index is -3.17. The number of hydrogen-bond donors (Lipinski definition) is 1. The van der Waals surface area contributed by atoms with Gasteiger partial charge in [0.15, 0.2) is 11.5 Å². The molecule has 2 aromatic carbocycles. The Labute approximate surface area is 216 Å². The monoisotopic (exact) mass is 525 g/mol. The molecule has 2 N–H and O–H groups in total. The maximum absolute atomic E-state index is 13.8. The molecule has 0 aliphatic heterocycles. The molecule has 2 heterocycles. The predicted molar refractivity (Wildman–Crippen MR) is 142 cm³/mol. The summed E-state index contributed by atoms with van der Waals surface area (Å²) in [5.41, 5.74) is 8.01. The van der Waals surface area contributed by atoms with Crippen molar-refractivity contribution >= 4 is 24.4 Å². The Morgan fingerprint density at radius 3 is 2.65 bits per heavy atom. The van der Waals surface area contributed by atoms with Crippen molar-refractivity contribution in [2.45, 2.75) is 32.6 Å². The Morgan fingerprint density at radius 2 is 1.84 bits per heavy atom. The summed E-state index contributed by atoms with van der Waals surface area (Å²) in [5, 5.41) is 0. The number of anilines is 1. The number of rotatable bonds is 14. The van der Waals surface area contributed by atoms with Gasteiger partial charge in [0, 0.05) is 18.3 Å². The van der Waals surface area contributed by atoms with Crippen LogP contribution in [0.2, 0.25) is 0 Å². The number of benzene rings is 2. The third-order valence-corrected chi connectivity index (χ3v) is 7.78. The lowest BCUT2D eigenvalue weighted by molar-refractivity contribution is 0.0824. The lowest BCUT2D eigenvalue weighted by Gasteiger charge is -2.22. The highest BCUT2D eigenvalue weighted by molar-refractivity contribution is 7.59. The quantitative estimate of drug-likeness (QED) is 0.184. The number of aromatic nitrogens is 4. The van der Waals surface area contributed by atoms with Crippen molar-refractivity contribution in [2.75, 3.05) is 32.0 Å². The van der Waals surface area contributed by atoms with Gasteiger partial charge in [0.2, 0.25) is 0 Å². The van der Waals surface area contributed by atoms with E-state index in [0.717, 1.165) is 11.3 Å². The molecule has 0 aliphatic carbocycles. The Morgan fingerprint density at radius 1 is 1.05 bits per heavy atom. The number of hydrogen-bond acceptors (Lipinski definition) is 9. The Kier molecular flexibility index (Phi) is 9.11. The van der Waals surface area contributed by atoms with Gasteiger partial charge >= 0.3 is 0 Å². The normalized spacial score (nSPS) is 13.8. The van der Waals surface area contributed by atoms with Crippen molar-refractivity contribution in [1.82, 2.24) is 19.5 Å². The fraction of sp³-hybridized carbons (Fsp3) is 0.346. The first-order valence-corrected chi connectivity index (χ1v) is 14.0. The highest BCUT2D eigenvalue weighted by Crippen LogP contribution is 2.48. The average molecular weight is 526 g/mol. The molecular formula is C26H32N5O5P. The van der Waals surface area contributed by atoms with Gasteiger partial charge in [-0.2, -0.15) is 0 Å². The van der Waals surface area contributed by atoms with Gasteiger partial charge in [0.1, 0.15) is 29.7 Å². The van der Waals surface area contributed by atoms with Crippen LogP contribution in [0.4, 0.5) is 5.82 Å². The molecule has 0 fully saturated rings. The van der Waals surface area contributed by atoms with Gasteiger partial charge < -0.3 is 29.0 Å². The van der Waals surface area contributed by atoms with E-state index < -0.39 is 7.37 Å². The molecule has 10 nitrogen and oxygen atoms in total. The maximum Gasteiger partial charge on any atom is 0.272 e. The second kappa shape index (κ2) is 12.7. The summed E-state index contributed by atoms with van der Waals surface area (Å²) in [7, 11) is -1.53. The molecule has 196 valence electrons. The van der Waals surface area contributed by atoms with E-state index in [1.165, 1.54) is 6.33 Å². The van der Waals surface area contributed by atoms with Gasteiger partial charge in [-0.1, -0.05) is 36.4 Å².